The zero-order valence-electron chi connectivity index (χ0n) is 12.9. The van der Waals surface area contributed by atoms with Gasteiger partial charge in [-0.3, -0.25) is 9.78 Å². The van der Waals surface area contributed by atoms with Crippen molar-refractivity contribution in [3.8, 4) is 5.75 Å². The molecule has 0 aliphatic heterocycles. The predicted octanol–water partition coefficient (Wildman–Crippen LogP) is 2.43. The van der Waals surface area contributed by atoms with E-state index in [1.807, 2.05) is 31.2 Å². The third-order valence-corrected chi connectivity index (χ3v) is 3.52. The standard InChI is InChI=1S/C17H21N3O2/c1-3-16(12-4-6-15(22-2)7-5-12)20-17(21)13-8-9-19-14(10-13)11-18/h4-10,16H,3,11,18H2,1-2H3,(H,20,21). The summed E-state index contributed by atoms with van der Waals surface area (Å²) in [5.41, 5.74) is 7.88. The Morgan fingerprint density at radius 3 is 2.64 bits per heavy atom. The van der Waals surface area contributed by atoms with Crippen molar-refractivity contribution in [1.82, 2.24) is 10.3 Å². The highest BCUT2D eigenvalue weighted by Gasteiger charge is 2.14. The van der Waals surface area contributed by atoms with Gasteiger partial charge in [-0.1, -0.05) is 19.1 Å². The van der Waals surface area contributed by atoms with Gasteiger partial charge in [0.05, 0.1) is 18.8 Å². The Labute approximate surface area is 130 Å². The molecule has 0 bridgehead atoms. The molecule has 0 saturated heterocycles. The largest absolute Gasteiger partial charge is 0.497 e. The number of nitrogens with two attached hydrogens (primary N) is 1. The van der Waals surface area contributed by atoms with Gasteiger partial charge in [0, 0.05) is 18.3 Å². The molecule has 3 N–H and O–H groups in total. The third-order valence-electron chi connectivity index (χ3n) is 3.52. The summed E-state index contributed by atoms with van der Waals surface area (Å²) in [6, 6.07) is 11.1. The molecule has 0 saturated carbocycles. The second-order valence-electron chi connectivity index (χ2n) is 4.95. The lowest BCUT2D eigenvalue weighted by Crippen LogP contribution is -2.28. The molecule has 116 valence electrons. The highest BCUT2D eigenvalue weighted by molar-refractivity contribution is 5.94. The summed E-state index contributed by atoms with van der Waals surface area (Å²) in [6.45, 7) is 2.35. The first-order valence-corrected chi connectivity index (χ1v) is 7.27. The van der Waals surface area contributed by atoms with Crippen LogP contribution in [-0.2, 0) is 6.54 Å². The van der Waals surface area contributed by atoms with Crippen LogP contribution in [-0.4, -0.2) is 18.0 Å². The molecule has 5 heteroatoms. The van der Waals surface area contributed by atoms with Crippen LogP contribution in [0.4, 0.5) is 0 Å². The minimum absolute atomic E-state index is 0.0482. The van der Waals surface area contributed by atoms with Gasteiger partial charge < -0.3 is 15.8 Å². The number of nitrogens with zero attached hydrogens (tertiary/aromatic N) is 1. The molecule has 1 aromatic heterocycles. The van der Waals surface area contributed by atoms with Crippen molar-refractivity contribution in [3.05, 3.63) is 59.4 Å². The smallest absolute Gasteiger partial charge is 0.251 e. The maximum atomic E-state index is 12.4. The molecule has 1 amide bonds. The molecule has 1 atom stereocenters. The van der Waals surface area contributed by atoms with Gasteiger partial charge in [0.25, 0.3) is 5.91 Å². The average molecular weight is 299 g/mol. The second-order valence-corrected chi connectivity index (χ2v) is 4.95. The van der Waals surface area contributed by atoms with Crippen molar-refractivity contribution in [2.24, 2.45) is 5.73 Å². The Balaban J connectivity index is 2.12. The van der Waals surface area contributed by atoms with E-state index in [1.54, 1.807) is 25.4 Å². The molecule has 0 spiro atoms. The van der Waals surface area contributed by atoms with Gasteiger partial charge in [-0.25, -0.2) is 0 Å². The van der Waals surface area contributed by atoms with E-state index >= 15 is 0 Å². The lowest BCUT2D eigenvalue weighted by atomic mass is 10.0. The van der Waals surface area contributed by atoms with E-state index in [9.17, 15) is 4.79 Å². The van der Waals surface area contributed by atoms with Crippen molar-refractivity contribution in [3.63, 3.8) is 0 Å². The minimum atomic E-state index is -0.125. The van der Waals surface area contributed by atoms with Crippen LogP contribution in [0.1, 0.15) is 41.0 Å². The summed E-state index contributed by atoms with van der Waals surface area (Å²) in [5, 5.41) is 3.04. The Hall–Kier alpha value is -2.40. The van der Waals surface area contributed by atoms with Crippen molar-refractivity contribution in [2.45, 2.75) is 25.9 Å². The minimum Gasteiger partial charge on any atom is -0.497 e. The van der Waals surface area contributed by atoms with Crippen LogP contribution >= 0.6 is 0 Å². The summed E-state index contributed by atoms with van der Waals surface area (Å²) in [6.07, 6.45) is 2.40. The van der Waals surface area contributed by atoms with Crippen LogP contribution in [0.3, 0.4) is 0 Å². The summed E-state index contributed by atoms with van der Waals surface area (Å²) in [7, 11) is 1.63. The number of methoxy groups -OCH3 is 1. The lowest BCUT2D eigenvalue weighted by Gasteiger charge is -2.18. The molecular formula is C17H21N3O2. The molecule has 22 heavy (non-hydrogen) atoms. The molecule has 0 radical (unpaired) electrons. The Bertz CT molecular complexity index is 626. The highest BCUT2D eigenvalue weighted by Crippen LogP contribution is 2.20. The fourth-order valence-corrected chi connectivity index (χ4v) is 2.23. The molecular weight excluding hydrogens is 278 g/mol. The van der Waals surface area contributed by atoms with E-state index in [0.717, 1.165) is 17.7 Å². The van der Waals surface area contributed by atoms with E-state index in [2.05, 4.69) is 10.3 Å². The SMILES string of the molecule is CCC(NC(=O)c1ccnc(CN)c1)c1ccc(OC)cc1. The summed E-state index contributed by atoms with van der Waals surface area (Å²) in [4.78, 5) is 16.5. The Morgan fingerprint density at radius 1 is 1.32 bits per heavy atom. The van der Waals surface area contributed by atoms with Crippen LogP contribution in [0.2, 0.25) is 0 Å². The Morgan fingerprint density at radius 2 is 2.05 bits per heavy atom. The number of hydrogen-bond acceptors (Lipinski definition) is 4. The second kappa shape index (κ2) is 7.56. The van der Waals surface area contributed by atoms with E-state index in [1.165, 1.54) is 0 Å². The predicted molar refractivity (Wildman–Crippen MR) is 85.6 cm³/mol. The van der Waals surface area contributed by atoms with Crippen molar-refractivity contribution < 1.29 is 9.53 Å². The molecule has 2 aromatic rings. The first-order valence-electron chi connectivity index (χ1n) is 7.27. The molecule has 0 fully saturated rings. The quantitative estimate of drug-likeness (QED) is 0.859. The number of benzene rings is 1. The molecule has 5 nitrogen and oxygen atoms in total. The van der Waals surface area contributed by atoms with Crippen LogP contribution in [0.25, 0.3) is 0 Å². The molecule has 1 heterocycles. The van der Waals surface area contributed by atoms with Crippen LogP contribution in [0.15, 0.2) is 42.6 Å². The van der Waals surface area contributed by atoms with Gasteiger partial charge >= 0.3 is 0 Å². The summed E-state index contributed by atoms with van der Waals surface area (Å²) in [5.74, 6) is 0.673. The number of hydrogen-bond donors (Lipinski definition) is 2. The molecule has 2 rings (SSSR count). The van der Waals surface area contributed by atoms with Gasteiger partial charge in [0.1, 0.15) is 5.75 Å². The molecule has 1 unspecified atom stereocenters. The number of amides is 1. The molecule has 1 aromatic carbocycles. The number of carbonyl (C=O) groups excluding carboxylic acids is 1. The fraction of sp³-hybridized carbons (Fsp3) is 0.294. The fourth-order valence-electron chi connectivity index (χ4n) is 2.23. The van der Waals surface area contributed by atoms with Crippen LogP contribution < -0.4 is 15.8 Å². The maximum absolute atomic E-state index is 12.4. The van der Waals surface area contributed by atoms with Gasteiger partial charge in [-0.15, -0.1) is 0 Å². The van der Waals surface area contributed by atoms with E-state index in [0.29, 0.717) is 17.8 Å². The number of rotatable bonds is 6. The van der Waals surface area contributed by atoms with Crippen LogP contribution in [0.5, 0.6) is 5.75 Å². The van der Waals surface area contributed by atoms with Gasteiger partial charge in [0.15, 0.2) is 0 Å². The first-order chi connectivity index (χ1) is 10.7. The third kappa shape index (κ3) is 3.83. The lowest BCUT2D eigenvalue weighted by molar-refractivity contribution is 0.0935. The monoisotopic (exact) mass is 299 g/mol. The van der Waals surface area contributed by atoms with Gasteiger partial charge in [0.2, 0.25) is 0 Å². The first kappa shape index (κ1) is 16.0. The summed E-state index contributed by atoms with van der Waals surface area (Å²) >= 11 is 0. The number of nitrogens with one attached hydrogen (secondary N) is 1. The van der Waals surface area contributed by atoms with Gasteiger partial charge in [-0.2, -0.15) is 0 Å². The zero-order valence-corrected chi connectivity index (χ0v) is 12.9. The van der Waals surface area contributed by atoms with E-state index in [4.69, 9.17) is 10.5 Å². The average Bonchev–Trinajstić information content (AvgIpc) is 2.59. The maximum Gasteiger partial charge on any atom is 0.251 e. The van der Waals surface area contributed by atoms with Gasteiger partial charge in [-0.05, 0) is 36.2 Å². The van der Waals surface area contributed by atoms with Crippen molar-refractivity contribution >= 4 is 5.91 Å². The highest BCUT2D eigenvalue weighted by atomic mass is 16.5. The normalized spacial score (nSPS) is 11.8. The van der Waals surface area contributed by atoms with Crippen molar-refractivity contribution in [1.29, 1.82) is 0 Å². The van der Waals surface area contributed by atoms with Crippen LogP contribution in [0, 0.1) is 0 Å². The Kier molecular flexibility index (Phi) is 5.49. The van der Waals surface area contributed by atoms with Crippen molar-refractivity contribution in [2.75, 3.05) is 7.11 Å². The number of aromatic nitrogens is 1. The molecule has 0 aliphatic rings. The molecule has 0 aliphatic carbocycles. The van der Waals surface area contributed by atoms with E-state index < -0.39 is 0 Å². The van der Waals surface area contributed by atoms with E-state index in [-0.39, 0.29) is 11.9 Å². The number of pyridine rings is 1. The summed E-state index contributed by atoms with van der Waals surface area (Å²) < 4.78 is 5.15. The number of carbonyl (C=O) groups is 1. The zero-order chi connectivity index (χ0) is 15.9. The topological polar surface area (TPSA) is 77.2 Å². The number of ether oxygens (including phenoxy) is 1.